The molecule has 4 rings (SSSR count). The van der Waals surface area contributed by atoms with Crippen LogP contribution in [0.15, 0.2) is 53.1 Å². The van der Waals surface area contributed by atoms with Crippen molar-refractivity contribution in [1.29, 1.82) is 0 Å². The summed E-state index contributed by atoms with van der Waals surface area (Å²) in [5.74, 6) is -0.0879. The van der Waals surface area contributed by atoms with Crippen LogP contribution in [0.5, 0.6) is 0 Å². The molecule has 1 aliphatic rings. The second-order valence-corrected chi connectivity index (χ2v) is 7.34. The van der Waals surface area contributed by atoms with Crippen LogP contribution in [0.2, 0.25) is 0 Å². The van der Waals surface area contributed by atoms with Gasteiger partial charge in [0.05, 0.1) is 11.8 Å². The number of aliphatic hydroxyl groups excluding tert-OH is 1. The number of hydrogen-bond donors (Lipinski definition) is 2. The first-order valence-corrected chi connectivity index (χ1v) is 9.76. The van der Waals surface area contributed by atoms with Gasteiger partial charge in [0.25, 0.3) is 0 Å². The second-order valence-electron chi connectivity index (χ2n) is 7.34. The van der Waals surface area contributed by atoms with Crippen LogP contribution in [0.4, 0.5) is 0 Å². The van der Waals surface area contributed by atoms with E-state index < -0.39 is 6.10 Å². The van der Waals surface area contributed by atoms with Gasteiger partial charge >= 0.3 is 0 Å². The summed E-state index contributed by atoms with van der Waals surface area (Å²) in [6.45, 7) is 2.60. The lowest BCUT2D eigenvalue weighted by atomic mass is 10.00. The smallest absolute Gasteiger partial charge is 0.220 e. The van der Waals surface area contributed by atoms with Crippen molar-refractivity contribution in [3.05, 3.63) is 65.4 Å². The fourth-order valence-corrected chi connectivity index (χ4v) is 3.74. The van der Waals surface area contributed by atoms with Gasteiger partial charge in [-0.15, -0.1) is 0 Å². The Kier molecular flexibility index (Phi) is 5.69. The average molecular weight is 379 g/mol. The number of carbonyl (C=O) groups is 1. The molecule has 0 fully saturated rings. The average Bonchev–Trinajstić information content (AvgIpc) is 3.14. The van der Waals surface area contributed by atoms with Gasteiger partial charge < -0.3 is 14.9 Å². The number of fused-ring (bicyclic) bond motifs is 2. The molecule has 2 N–H and O–H groups in total. The molecule has 6 heteroatoms. The third-order valence-electron chi connectivity index (χ3n) is 5.25. The molecule has 28 heavy (non-hydrogen) atoms. The number of amides is 1. The standard InChI is InChI=1S/C22H25N3O3/c26-18(15-25-12-11-16-5-1-2-6-17(16)14-25)13-23-22(27)10-9-20-19-7-3-4-8-21(19)28-24-20/h1-8,18,26H,9-15H2,(H,23,27)/t18-/m1/s1. The minimum atomic E-state index is -0.581. The molecule has 1 amide bonds. The fraction of sp³-hybridized carbons (Fsp3) is 0.364. The van der Waals surface area contributed by atoms with E-state index in [1.165, 1.54) is 11.1 Å². The Morgan fingerprint density at radius 2 is 1.96 bits per heavy atom. The third-order valence-corrected chi connectivity index (χ3v) is 5.25. The predicted molar refractivity (Wildman–Crippen MR) is 107 cm³/mol. The van der Waals surface area contributed by atoms with Crippen molar-refractivity contribution in [3.63, 3.8) is 0 Å². The summed E-state index contributed by atoms with van der Waals surface area (Å²) in [4.78, 5) is 14.4. The van der Waals surface area contributed by atoms with Crippen LogP contribution in [-0.4, -0.2) is 46.8 Å². The molecule has 2 aromatic carbocycles. The van der Waals surface area contributed by atoms with E-state index >= 15 is 0 Å². The highest BCUT2D eigenvalue weighted by atomic mass is 16.5. The van der Waals surface area contributed by atoms with Gasteiger partial charge in [-0.25, -0.2) is 0 Å². The Morgan fingerprint density at radius 1 is 1.18 bits per heavy atom. The summed E-state index contributed by atoms with van der Waals surface area (Å²) >= 11 is 0. The van der Waals surface area contributed by atoms with Gasteiger partial charge in [-0.2, -0.15) is 0 Å². The molecular weight excluding hydrogens is 354 g/mol. The largest absolute Gasteiger partial charge is 0.390 e. The maximum Gasteiger partial charge on any atom is 0.220 e. The Labute approximate surface area is 164 Å². The SMILES string of the molecule is O=C(CCc1noc2ccccc12)NC[C@@H](O)CN1CCc2ccccc2C1. The maximum atomic E-state index is 12.1. The van der Waals surface area contributed by atoms with E-state index in [9.17, 15) is 9.90 Å². The molecule has 0 saturated heterocycles. The molecule has 6 nitrogen and oxygen atoms in total. The monoisotopic (exact) mass is 379 g/mol. The molecular formula is C22H25N3O3. The normalized spacial score (nSPS) is 15.3. The zero-order valence-corrected chi connectivity index (χ0v) is 15.8. The van der Waals surface area contributed by atoms with Crippen LogP contribution in [0.1, 0.15) is 23.2 Å². The summed E-state index contributed by atoms with van der Waals surface area (Å²) in [7, 11) is 0. The quantitative estimate of drug-likeness (QED) is 0.659. The first-order valence-electron chi connectivity index (χ1n) is 9.76. The molecule has 146 valence electrons. The number of benzene rings is 2. The number of para-hydroxylation sites is 1. The highest BCUT2D eigenvalue weighted by Gasteiger charge is 2.19. The molecule has 3 aromatic rings. The van der Waals surface area contributed by atoms with E-state index in [-0.39, 0.29) is 12.5 Å². The van der Waals surface area contributed by atoms with E-state index in [2.05, 4.69) is 39.6 Å². The van der Waals surface area contributed by atoms with Crippen LogP contribution in [-0.2, 0) is 24.2 Å². The highest BCUT2D eigenvalue weighted by molar-refractivity contribution is 5.81. The zero-order valence-electron chi connectivity index (χ0n) is 15.8. The molecule has 2 heterocycles. The lowest BCUT2D eigenvalue weighted by Crippen LogP contribution is -2.42. The number of hydrogen-bond acceptors (Lipinski definition) is 5. The third kappa shape index (κ3) is 4.40. The molecule has 1 aliphatic heterocycles. The summed E-state index contributed by atoms with van der Waals surface area (Å²) in [6.07, 6.45) is 1.26. The van der Waals surface area contributed by atoms with E-state index in [1.54, 1.807) is 0 Å². The Balaban J connectivity index is 1.20. The van der Waals surface area contributed by atoms with Crippen molar-refractivity contribution in [2.24, 2.45) is 0 Å². The van der Waals surface area contributed by atoms with Crippen molar-refractivity contribution >= 4 is 16.9 Å². The number of aliphatic hydroxyl groups is 1. The van der Waals surface area contributed by atoms with Crippen molar-refractivity contribution < 1.29 is 14.4 Å². The molecule has 1 atom stereocenters. The number of carbonyl (C=O) groups excluding carboxylic acids is 1. The predicted octanol–water partition coefficient (Wildman–Crippen LogP) is 2.30. The van der Waals surface area contributed by atoms with Crippen molar-refractivity contribution in [3.8, 4) is 0 Å². The minimum absolute atomic E-state index is 0.0879. The first-order chi connectivity index (χ1) is 13.7. The van der Waals surface area contributed by atoms with Gasteiger partial charge in [0.2, 0.25) is 5.91 Å². The van der Waals surface area contributed by atoms with Gasteiger partial charge in [0.1, 0.15) is 0 Å². The Morgan fingerprint density at radius 3 is 2.86 bits per heavy atom. The Bertz CT molecular complexity index is 953. The second kappa shape index (κ2) is 8.54. The van der Waals surface area contributed by atoms with Gasteiger partial charge in [0.15, 0.2) is 5.58 Å². The van der Waals surface area contributed by atoms with Gasteiger partial charge in [-0.1, -0.05) is 41.6 Å². The summed E-state index contributed by atoms with van der Waals surface area (Å²) in [6, 6.07) is 16.1. The van der Waals surface area contributed by atoms with E-state index in [0.717, 1.165) is 36.2 Å². The lowest BCUT2D eigenvalue weighted by molar-refractivity contribution is -0.121. The Hall–Kier alpha value is -2.70. The zero-order chi connectivity index (χ0) is 19.3. The van der Waals surface area contributed by atoms with Gasteiger partial charge in [0, 0.05) is 44.4 Å². The van der Waals surface area contributed by atoms with E-state index in [1.807, 2.05) is 24.3 Å². The number of β-amino-alcohol motifs (C(OH)–C–C–N with tert-alkyl or cyclic N) is 1. The van der Waals surface area contributed by atoms with Crippen LogP contribution in [0, 0.1) is 0 Å². The summed E-state index contributed by atoms with van der Waals surface area (Å²) < 4.78 is 5.26. The van der Waals surface area contributed by atoms with Crippen LogP contribution in [0.3, 0.4) is 0 Å². The van der Waals surface area contributed by atoms with Gasteiger partial charge in [-0.3, -0.25) is 9.69 Å². The molecule has 0 aliphatic carbocycles. The number of aromatic nitrogens is 1. The van der Waals surface area contributed by atoms with E-state index in [0.29, 0.717) is 19.4 Å². The van der Waals surface area contributed by atoms with Crippen molar-refractivity contribution in [1.82, 2.24) is 15.4 Å². The van der Waals surface area contributed by atoms with E-state index in [4.69, 9.17) is 4.52 Å². The number of rotatable bonds is 7. The molecule has 1 aromatic heterocycles. The summed E-state index contributed by atoms with van der Waals surface area (Å²) in [5, 5.41) is 18.1. The van der Waals surface area contributed by atoms with Crippen LogP contribution < -0.4 is 5.32 Å². The minimum Gasteiger partial charge on any atom is -0.390 e. The van der Waals surface area contributed by atoms with Gasteiger partial charge in [-0.05, 0) is 29.7 Å². The summed E-state index contributed by atoms with van der Waals surface area (Å²) in [5.41, 5.74) is 4.24. The van der Waals surface area contributed by atoms with Crippen LogP contribution in [0.25, 0.3) is 11.0 Å². The highest BCUT2D eigenvalue weighted by Crippen LogP contribution is 2.19. The maximum absolute atomic E-state index is 12.1. The number of aryl methyl sites for hydroxylation is 1. The molecule has 0 bridgehead atoms. The van der Waals surface area contributed by atoms with Crippen LogP contribution >= 0.6 is 0 Å². The lowest BCUT2D eigenvalue weighted by Gasteiger charge is -2.30. The molecule has 0 spiro atoms. The van der Waals surface area contributed by atoms with Crippen molar-refractivity contribution in [2.45, 2.75) is 31.9 Å². The molecule has 0 saturated carbocycles. The molecule has 0 radical (unpaired) electrons. The topological polar surface area (TPSA) is 78.6 Å². The number of nitrogens with zero attached hydrogens (tertiary/aromatic N) is 2. The van der Waals surface area contributed by atoms with Crippen molar-refractivity contribution in [2.75, 3.05) is 19.6 Å². The fourth-order valence-electron chi connectivity index (χ4n) is 3.74. The number of nitrogens with one attached hydrogen (secondary N) is 1. The molecule has 0 unspecified atom stereocenters. The first kappa shape index (κ1) is 18.7.